The van der Waals surface area contributed by atoms with Gasteiger partial charge in [-0.2, -0.15) is 0 Å². The third-order valence-corrected chi connectivity index (χ3v) is 4.04. The van der Waals surface area contributed by atoms with E-state index in [1.165, 1.54) is 6.07 Å². The lowest BCUT2D eigenvalue weighted by Crippen LogP contribution is -2.36. The van der Waals surface area contributed by atoms with Crippen LogP contribution in [0.1, 0.15) is 18.1 Å². The van der Waals surface area contributed by atoms with E-state index in [-0.39, 0.29) is 12.4 Å². The number of nitrogens with one attached hydrogen (secondary N) is 1. The minimum absolute atomic E-state index is 0.0978. The van der Waals surface area contributed by atoms with E-state index >= 15 is 0 Å². The molecule has 1 atom stereocenters. The van der Waals surface area contributed by atoms with Crippen molar-refractivity contribution in [1.29, 1.82) is 0 Å². The number of hydrogen-bond donors (Lipinski definition) is 2. The molecule has 0 aliphatic heterocycles. The average Bonchev–Trinajstić information content (AvgIpc) is 2.44. The first-order valence-corrected chi connectivity index (χ1v) is 7.16. The number of aliphatic hydroxyl groups excluding tert-OH is 1. The molecule has 4 heteroatoms. The Hall–Kier alpha value is -1.39. The molecule has 2 aromatic carbocycles. The van der Waals surface area contributed by atoms with Crippen molar-refractivity contribution in [1.82, 2.24) is 0 Å². The van der Waals surface area contributed by atoms with Crippen LogP contribution in [-0.2, 0) is 5.54 Å². The minimum Gasteiger partial charge on any atom is -0.394 e. The van der Waals surface area contributed by atoms with Gasteiger partial charge in [0.25, 0.3) is 0 Å². The van der Waals surface area contributed by atoms with Crippen molar-refractivity contribution < 1.29 is 9.50 Å². The second-order valence-electron chi connectivity index (χ2n) is 5.06. The van der Waals surface area contributed by atoms with Gasteiger partial charge in [-0.15, -0.1) is 0 Å². The standard InChI is InChI=1S/C16H17BrFNO/c1-11-5-3-4-6-15(11)19-16(2,10-20)12-7-8-14(18)13(17)9-12/h3-9,19-20H,10H2,1-2H3. The van der Waals surface area contributed by atoms with Crippen LogP contribution in [0.25, 0.3) is 0 Å². The molecule has 0 bridgehead atoms. The smallest absolute Gasteiger partial charge is 0.137 e. The van der Waals surface area contributed by atoms with Crippen LogP contribution in [0, 0.1) is 12.7 Å². The topological polar surface area (TPSA) is 32.3 Å². The van der Waals surface area contributed by atoms with Crippen LogP contribution in [-0.4, -0.2) is 11.7 Å². The van der Waals surface area contributed by atoms with Crippen LogP contribution in [0.5, 0.6) is 0 Å². The van der Waals surface area contributed by atoms with Gasteiger partial charge in [-0.3, -0.25) is 0 Å². The summed E-state index contributed by atoms with van der Waals surface area (Å²) >= 11 is 3.18. The Morgan fingerprint density at radius 2 is 1.95 bits per heavy atom. The fourth-order valence-corrected chi connectivity index (χ4v) is 2.43. The predicted molar refractivity (Wildman–Crippen MR) is 83.3 cm³/mol. The monoisotopic (exact) mass is 337 g/mol. The van der Waals surface area contributed by atoms with E-state index in [9.17, 15) is 9.50 Å². The fourth-order valence-electron chi connectivity index (χ4n) is 2.05. The number of hydrogen-bond acceptors (Lipinski definition) is 2. The predicted octanol–water partition coefficient (Wildman–Crippen LogP) is 4.22. The number of aliphatic hydroxyl groups is 1. The highest BCUT2D eigenvalue weighted by Gasteiger charge is 2.26. The highest BCUT2D eigenvalue weighted by Crippen LogP contribution is 2.30. The summed E-state index contributed by atoms with van der Waals surface area (Å²) in [6.07, 6.45) is 0. The van der Waals surface area contributed by atoms with Gasteiger partial charge in [0, 0.05) is 5.69 Å². The summed E-state index contributed by atoms with van der Waals surface area (Å²) in [5.41, 5.74) is 2.18. The van der Waals surface area contributed by atoms with Gasteiger partial charge in [0.15, 0.2) is 0 Å². The summed E-state index contributed by atoms with van der Waals surface area (Å²) in [4.78, 5) is 0. The van der Waals surface area contributed by atoms with E-state index in [0.29, 0.717) is 4.47 Å². The van der Waals surface area contributed by atoms with Crippen molar-refractivity contribution in [3.05, 3.63) is 63.9 Å². The lowest BCUT2D eigenvalue weighted by Gasteiger charge is -2.31. The summed E-state index contributed by atoms with van der Waals surface area (Å²) in [6, 6.07) is 12.6. The second-order valence-corrected chi connectivity index (χ2v) is 5.91. The van der Waals surface area contributed by atoms with E-state index in [0.717, 1.165) is 16.8 Å². The Balaban J connectivity index is 2.38. The third kappa shape index (κ3) is 3.02. The number of aryl methyl sites for hydroxylation is 1. The van der Waals surface area contributed by atoms with E-state index < -0.39 is 5.54 Å². The zero-order valence-corrected chi connectivity index (χ0v) is 13.0. The fraction of sp³-hybridized carbons (Fsp3) is 0.250. The van der Waals surface area contributed by atoms with Gasteiger partial charge >= 0.3 is 0 Å². The lowest BCUT2D eigenvalue weighted by atomic mass is 9.92. The van der Waals surface area contributed by atoms with E-state index in [1.54, 1.807) is 12.1 Å². The maximum Gasteiger partial charge on any atom is 0.137 e. The molecule has 0 amide bonds. The third-order valence-electron chi connectivity index (χ3n) is 3.43. The van der Waals surface area contributed by atoms with Gasteiger partial charge in [-0.05, 0) is 59.1 Å². The van der Waals surface area contributed by atoms with Crippen molar-refractivity contribution in [3.8, 4) is 0 Å². The molecular formula is C16H17BrFNO. The molecule has 0 aliphatic carbocycles. The molecule has 0 radical (unpaired) electrons. The number of benzene rings is 2. The van der Waals surface area contributed by atoms with Crippen LogP contribution in [0.4, 0.5) is 10.1 Å². The summed E-state index contributed by atoms with van der Waals surface area (Å²) in [6.45, 7) is 3.79. The van der Waals surface area contributed by atoms with Gasteiger partial charge in [-0.25, -0.2) is 4.39 Å². The van der Waals surface area contributed by atoms with Crippen LogP contribution >= 0.6 is 15.9 Å². The van der Waals surface area contributed by atoms with Gasteiger partial charge in [0.2, 0.25) is 0 Å². The van der Waals surface area contributed by atoms with Crippen molar-refractivity contribution in [2.75, 3.05) is 11.9 Å². The Morgan fingerprint density at radius 1 is 1.25 bits per heavy atom. The first kappa shape index (κ1) is 15.0. The molecule has 2 nitrogen and oxygen atoms in total. The first-order valence-electron chi connectivity index (χ1n) is 6.36. The van der Waals surface area contributed by atoms with Gasteiger partial charge in [-0.1, -0.05) is 24.3 Å². The highest BCUT2D eigenvalue weighted by atomic mass is 79.9. The van der Waals surface area contributed by atoms with Crippen LogP contribution in [0.3, 0.4) is 0 Å². The molecule has 106 valence electrons. The van der Waals surface area contributed by atoms with Crippen molar-refractivity contribution in [3.63, 3.8) is 0 Å². The zero-order chi connectivity index (χ0) is 14.8. The molecule has 0 fully saturated rings. The average molecular weight is 338 g/mol. The number of rotatable bonds is 4. The molecular weight excluding hydrogens is 321 g/mol. The molecule has 2 rings (SSSR count). The molecule has 20 heavy (non-hydrogen) atoms. The summed E-state index contributed by atoms with van der Waals surface area (Å²) < 4.78 is 13.7. The first-order chi connectivity index (χ1) is 9.46. The number of para-hydroxylation sites is 1. The Bertz CT molecular complexity index is 617. The van der Waals surface area contributed by atoms with Crippen LogP contribution < -0.4 is 5.32 Å². The molecule has 0 heterocycles. The molecule has 2 N–H and O–H groups in total. The molecule has 2 aromatic rings. The van der Waals surface area contributed by atoms with Crippen LogP contribution in [0.2, 0.25) is 0 Å². The molecule has 0 spiro atoms. The van der Waals surface area contributed by atoms with Gasteiger partial charge in [0.05, 0.1) is 16.6 Å². The number of anilines is 1. The maximum atomic E-state index is 13.4. The summed E-state index contributed by atoms with van der Waals surface area (Å²) in [7, 11) is 0. The minimum atomic E-state index is -0.678. The normalized spacial score (nSPS) is 13.8. The SMILES string of the molecule is Cc1ccccc1NC(C)(CO)c1ccc(F)c(Br)c1. The van der Waals surface area contributed by atoms with Crippen molar-refractivity contribution in [2.24, 2.45) is 0 Å². The second kappa shape index (κ2) is 5.94. The lowest BCUT2D eigenvalue weighted by molar-refractivity contribution is 0.224. The van der Waals surface area contributed by atoms with E-state index in [2.05, 4.69) is 21.2 Å². The Kier molecular flexibility index (Phi) is 4.45. The largest absolute Gasteiger partial charge is 0.394 e. The zero-order valence-electron chi connectivity index (χ0n) is 11.5. The van der Waals surface area contributed by atoms with Gasteiger partial charge < -0.3 is 10.4 Å². The molecule has 0 saturated heterocycles. The van der Waals surface area contributed by atoms with E-state index in [4.69, 9.17) is 0 Å². The quantitative estimate of drug-likeness (QED) is 0.875. The highest BCUT2D eigenvalue weighted by molar-refractivity contribution is 9.10. The molecule has 1 unspecified atom stereocenters. The maximum absolute atomic E-state index is 13.4. The van der Waals surface area contributed by atoms with Gasteiger partial charge in [0.1, 0.15) is 5.82 Å². The number of halogens is 2. The van der Waals surface area contributed by atoms with Crippen molar-refractivity contribution >= 4 is 21.6 Å². The van der Waals surface area contributed by atoms with Crippen molar-refractivity contribution in [2.45, 2.75) is 19.4 Å². The summed E-state index contributed by atoms with van der Waals surface area (Å²) in [5, 5.41) is 13.1. The van der Waals surface area contributed by atoms with Crippen LogP contribution in [0.15, 0.2) is 46.9 Å². The summed E-state index contributed by atoms with van der Waals surface area (Å²) in [5.74, 6) is -0.315. The Labute approximate surface area is 126 Å². The molecule has 0 aromatic heterocycles. The van der Waals surface area contributed by atoms with E-state index in [1.807, 2.05) is 38.1 Å². The molecule has 0 aliphatic rings. The molecule has 0 saturated carbocycles. The Morgan fingerprint density at radius 3 is 2.55 bits per heavy atom.